The van der Waals surface area contributed by atoms with Gasteiger partial charge in [0.15, 0.2) is 0 Å². The van der Waals surface area contributed by atoms with Gasteiger partial charge in [0.2, 0.25) is 0 Å². The molecule has 0 saturated carbocycles. The van der Waals surface area contributed by atoms with E-state index in [-0.39, 0.29) is 0 Å². The fourth-order valence-corrected chi connectivity index (χ4v) is 3.43. The Hall–Kier alpha value is -0.380. The van der Waals surface area contributed by atoms with Gasteiger partial charge in [0.05, 0.1) is 6.10 Å². The maximum absolute atomic E-state index is 5.60. The van der Waals surface area contributed by atoms with Crippen LogP contribution in [-0.2, 0) is 4.74 Å². The van der Waals surface area contributed by atoms with Gasteiger partial charge < -0.3 is 9.64 Å². The first-order valence-corrected chi connectivity index (χ1v) is 8.22. The molecule has 0 N–H and O–H groups in total. The minimum Gasteiger partial charge on any atom is -0.380 e. The number of hydrogen-bond donors (Lipinski definition) is 0. The highest BCUT2D eigenvalue weighted by Crippen LogP contribution is 2.24. The molecule has 1 fully saturated rings. The minimum atomic E-state index is 0.389. The zero-order chi connectivity index (χ0) is 13.7. The van der Waals surface area contributed by atoms with Crippen molar-refractivity contribution in [2.45, 2.75) is 25.4 Å². The van der Waals surface area contributed by atoms with Crippen molar-refractivity contribution in [2.75, 3.05) is 32.1 Å². The van der Waals surface area contributed by atoms with Crippen molar-refractivity contribution in [3.8, 4) is 0 Å². The SMILES string of the molecule is COC1CN(CC(CBr)c2ccccc2)CCC1C. The van der Waals surface area contributed by atoms with Crippen molar-refractivity contribution in [1.82, 2.24) is 4.90 Å². The van der Waals surface area contributed by atoms with E-state index in [1.807, 2.05) is 7.11 Å². The molecule has 3 atom stereocenters. The smallest absolute Gasteiger partial charge is 0.0724 e. The van der Waals surface area contributed by atoms with E-state index in [1.54, 1.807) is 0 Å². The Morgan fingerprint density at radius 1 is 1.37 bits per heavy atom. The van der Waals surface area contributed by atoms with E-state index in [4.69, 9.17) is 4.74 Å². The summed E-state index contributed by atoms with van der Waals surface area (Å²) in [5, 5.41) is 1.01. The number of likely N-dealkylation sites (tertiary alicyclic amines) is 1. The first-order valence-electron chi connectivity index (χ1n) is 7.10. The highest BCUT2D eigenvalue weighted by molar-refractivity contribution is 9.09. The summed E-state index contributed by atoms with van der Waals surface area (Å²) in [4.78, 5) is 2.55. The Morgan fingerprint density at radius 3 is 2.74 bits per heavy atom. The van der Waals surface area contributed by atoms with Crippen molar-refractivity contribution >= 4 is 15.9 Å². The first kappa shape index (κ1) is 15.0. The maximum atomic E-state index is 5.60. The van der Waals surface area contributed by atoms with Crippen LogP contribution in [0.5, 0.6) is 0 Å². The molecular formula is C16H24BrNO. The minimum absolute atomic E-state index is 0.389. The average molecular weight is 326 g/mol. The molecule has 1 aliphatic heterocycles. The van der Waals surface area contributed by atoms with Crippen LogP contribution in [0.3, 0.4) is 0 Å². The lowest BCUT2D eigenvalue weighted by Crippen LogP contribution is -2.45. The molecule has 3 unspecified atom stereocenters. The molecule has 2 rings (SSSR count). The van der Waals surface area contributed by atoms with Crippen LogP contribution in [-0.4, -0.2) is 43.1 Å². The van der Waals surface area contributed by atoms with E-state index in [9.17, 15) is 0 Å². The van der Waals surface area contributed by atoms with Crippen LogP contribution in [0.25, 0.3) is 0 Å². The standard InChI is InChI=1S/C16H24BrNO/c1-13-8-9-18(12-16(13)19-2)11-15(10-17)14-6-4-3-5-7-14/h3-7,13,15-16H,8-12H2,1-2H3. The van der Waals surface area contributed by atoms with E-state index < -0.39 is 0 Å². The second-order valence-electron chi connectivity index (χ2n) is 5.56. The van der Waals surface area contributed by atoms with Gasteiger partial charge in [-0.3, -0.25) is 0 Å². The molecule has 0 aliphatic carbocycles. The third kappa shape index (κ3) is 4.04. The highest BCUT2D eigenvalue weighted by atomic mass is 79.9. The van der Waals surface area contributed by atoms with E-state index in [2.05, 4.69) is 58.1 Å². The largest absolute Gasteiger partial charge is 0.380 e. The third-order valence-electron chi connectivity index (χ3n) is 4.21. The second-order valence-corrected chi connectivity index (χ2v) is 6.21. The van der Waals surface area contributed by atoms with Gasteiger partial charge in [-0.2, -0.15) is 0 Å². The second kappa shape index (κ2) is 7.41. The van der Waals surface area contributed by atoms with Gasteiger partial charge in [-0.25, -0.2) is 0 Å². The van der Waals surface area contributed by atoms with Crippen molar-refractivity contribution in [3.63, 3.8) is 0 Å². The summed E-state index contributed by atoms with van der Waals surface area (Å²) in [6.45, 7) is 5.66. The molecule has 3 heteroatoms. The number of hydrogen-bond acceptors (Lipinski definition) is 2. The van der Waals surface area contributed by atoms with Gasteiger partial charge in [0.25, 0.3) is 0 Å². The average Bonchev–Trinajstić information content (AvgIpc) is 2.47. The summed E-state index contributed by atoms with van der Waals surface area (Å²) in [7, 11) is 1.84. The summed E-state index contributed by atoms with van der Waals surface area (Å²) < 4.78 is 5.60. The summed E-state index contributed by atoms with van der Waals surface area (Å²) in [6, 6.07) is 10.8. The van der Waals surface area contributed by atoms with E-state index in [0.29, 0.717) is 17.9 Å². The van der Waals surface area contributed by atoms with Crippen LogP contribution in [0.1, 0.15) is 24.8 Å². The molecule has 0 aromatic heterocycles. The Balaban J connectivity index is 1.96. The lowest BCUT2D eigenvalue weighted by atomic mass is 9.94. The van der Waals surface area contributed by atoms with Crippen LogP contribution in [0.2, 0.25) is 0 Å². The predicted molar refractivity (Wildman–Crippen MR) is 84.0 cm³/mol. The zero-order valence-electron chi connectivity index (χ0n) is 11.9. The predicted octanol–water partition coefficient (Wildman–Crippen LogP) is 3.52. The van der Waals surface area contributed by atoms with Gasteiger partial charge in [0.1, 0.15) is 0 Å². The fourth-order valence-electron chi connectivity index (χ4n) is 2.85. The van der Waals surface area contributed by atoms with E-state index in [1.165, 1.54) is 18.5 Å². The summed E-state index contributed by atoms with van der Waals surface area (Å²) >= 11 is 3.67. The van der Waals surface area contributed by atoms with Crippen LogP contribution < -0.4 is 0 Å². The molecule has 0 spiro atoms. The monoisotopic (exact) mass is 325 g/mol. The molecule has 0 amide bonds. The molecule has 1 saturated heterocycles. The lowest BCUT2D eigenvalue weighted by molar-refractivity contribution is -0.00601. The van der Waals surface area contributed by atoms with Gasteiger partial charge >= 0.3 is 0 Å². The number of benzene rings is 1. The molecule has 2 nitrogen and oxygen atoms in total. The Labute approximate surface area is 125 Å². The Kier molecular flexibility index (Phi) is 5.86. The van der Waals surface area contributed by atoms with Crippen molar-refractivity contribution in [3.05, 3.63) is 35.9 Å². The normalized spacial score (nSPS) is 26.3. The third-order valence-corrected chi connectivity index (χ3v) is 4.99. The summed E-state index contributed by atoms with van der Waals surface area (Å²) in [5.74, 6) is 1.24. The summed E-state index contributed by atoms with van der Waals surface area (Å²) in [5.41, 5.74) is 1.42. The van der Waals surface area contributed by atoms with Crippen molar-refractivity contribution in [1.29, 1.82) is 0 Å². The number of piperidine rings is 1. The quantitative estimate of drug-likeness (QED) is 0.768. The molecule has 106 valence electrons. The first-order chi connectivity index (χ1) is 9.24. The number of ether oxygens (including phenoxy) is 1. The van der Waals surface area contributed by atoms with Crippen LogP contribution >= 0.6 is 15.9 Å². The van der Waals surface area contributed by atoms with Gasteiger partial charge in [-0.1, -0.05) is 53.2 Å². The summed E-state index contributed by atoms with van der Waals surface area (Å²) in [6.07, 6.45) is 1.63. The number of nitrogens with zero attached hydrogens (tertiary/aromatic N) is 1. The molecule has 0 bridgehead atoms. The van der Waals surface area contributed by atoms with Crippen molar-refractivity contribution < 1.29 is 4.74 Å². The van der Waals surface area contributed by atoms with Crippen LogP contribution in [0, 0.1) is 5.92 Å². The van der Waals surface area contributed by atoms with E-state index in [0.717, 1.165) is 18.4 Å². The number of halogens is 1. The molecule has 1 heterocycles. The highest BCUT2D eigenvalue weighted by Gasteiger charge is 2.27. The molecule has 1 aliphatic rings. The van der Waals surface area contributed by atoms with Gasteiger partial charge in [-0.05, 0) is 24.4 Å². The van der Waals surface area contributed by atoms with E-state index >= 15 is 0 Å². The fraction of sp³-hybridized carbons (Fsp3) is 0.625. The molecule has 19 heavy (non-hydrogen) atoms. The molecular weight excluding hydrogens is 302 g/mol. The topological polar surface area (TPSA) is 12.5 Å². The number of alkyl halides is 1. The molecule has 1 aromatic rings. The molecule has 1 aromatic carbocycles. The lowest BCUT2D eigenvalue weighted by Gasteiger charge is -2.37. The van der Waals surface area contributed by atoms with Crippen LogP contribution in [0.4, 0.5) is 0 Å². The van der Waals surface area contributed by atoms with Gasteiger partial charge in [-0.15, -0.1) is 0 Å². The number of methoxy groups -OCH3 is 1. The number of rotatable bonds is 5. The van der Waals surface area contributed by atoms with Crippen LogP contribution in [0.15, 0.2) is 30.3 Å². The molecule has 0 radical (unpaired) electrons. The Bertz CT molecular complexity index is 370. The van der Waals surface area contributed by atoms with Gasteiger partial charge in [0, 0.05) is 31.4 Å². The zero-order valence-corrected chi connectivity index (χ0v) is 13.5. The maximum Gasteiger partial charge on any atom is 0.0724 e. The van der Waals surface area contributed by atoms with Crippen molar-refractivity contribution in [2.24, 2.45) is 5.92 Å². The Morgan fingerprint density at radius 2 is 2.11 bits per heavy atom.